The molecule has 0 atom stereocenters. The second kappa shape index (κ2) is 9.05. The topological polar surface area (TPSA) is 59.4 Å². The molecule has 4 rings (SSSR count). The number of anilines is 2. The Morgan fingerprint density at radius 3 is 2.61 bits per heavy atom. The molecule has 0 bridgehead atoms. The van der Waals surface area contributed by atoms with Gasteiger partial charge >= 0.3 is 6.18 Å². The van der Waals surface area contributed by atoms with E-state index in [0.29, 0.717) is 53.1 Å². The number of benzene rings is 1. The number of halogens is 5. The van der Waals surface area contributed by atoms with Crippen LogP contribution in [0.5, 0.6) is 0 Å². The molecule has 1 aromatic carbocycles. The minimum Gasteiger partial charge on any atom is -0.378 e. The summed E-state index contributed by atoms with van der Waals surface area (Å²) in [5.41, 5.74) is 0.564. The number of alkyl halides is 3. The van der Waals surface area contributed by atoms with Gasteiger partial charge < -0.3 is 19.5 Å². The lowest BCUT2D eigenvalue weighted by atomic mass is 10.1. The lowest BCUT2D eigenvalue weighted by molar-refractivity contribution is -0.137. The van der Waals surface area contributed by atoms with Gasteiger partial charge in [0, 0.05) is 48.1 Å². The van der Waals surface area contributed by atoms with Crippen molar-refractivity contribution in [2.75, 3.05) is 31.6 Å². The van der Waals surface area contributed by atoms with Gasteiger partial charge in [-0.2, -0.15) is 13.2 Å². The minimum atomic E-state index is -4.47. The van der Waals surface area contributed by atoms with Crippen molar-refractivity contribution in [1.82, 2.24) is 14.5 Å². The van der Waals surface area contributed by atoms with Crippen molar-refractivity contribution in [1.29, 1.82) is 0 Å². The van der Waals surface area contributed by atoms with Crippen LogP contribution in [0.3, 0.4) is 0 Å². The summed E-state index contributed by atoms with van der Waals surface area (Å²) in [6.45, 7) is 1.98. The number of amides is 1. The Balaban J connectivity index is 0.00000272. The molecule has 166 valence electrons. The number of hydrogen-bond donors (Lipinski definition) is 1. The van der Waals surface area contributed by atoms with Gasteiger partial charge in [-0.3, -0.25) is 4.79 Å². The number of fused-ring (bicyclic) bond motifs is 1. The molecule has 0 saturated carbocycles. The number of aryl methyl sites for hydroxylation is 1. The molecule has 1 fully saturated rings. The minimum absolute atomic E-state index is 0. The number of nitrogens with zero attached hydrogens (tertiary/aromatic N) is 3. The van der Waals surface area contributed by atoms with Crippen LogP contribution in [0.2, 0.25) is 0 Å². The number of carbonyl (C=O) groups excluding carboxylic acids is 1. The molecule has 0 radical (unpaired) electrons. The van der Waals surface area contributed by atoms with E-state index in [1.807, 2.05) is 7.05 Å². The Labute approximate surface area is 190 Å². The Morgan fingerprint density at radius 1 is 1.23 bits per heavy atom. The maximum Gasteiger partial charge on any atom is 0.416 e. The lowest BCUT2D eigenvalue weighted by Gasteiger charge is -2.27. The van der Waals surface area contributed by atoms with E-state index in [-0.39, 0.29) is 24.0 Å². The maximum atomic E-state index is 13.1. The van der Waals surface area contributed by atoms with E-state index in [9.17, 15) is 18.0 Å². The summed E-state index contributed by atoms with van der Waals surface area (Å²) in [4.78, 5) is 19.1. The van der Waals surface area contributed by atoms with Crippen molar-refractivity contribution >= 4 is 56.7 Å². The van der Waals surface area contributed by atoms with Gasteiger partial charge in [0.1, 0.15) is 5.82 Å². The van der Waals surface area contributed by atoms with Gasteiger partial charge in [-0.1, -0.05) is 15.9 Å². The first-order valence-electron chi connectivity index (χ1n) is 9.20. The van der Waals surface area contributed by atoms with Gasteiger partial charge in [-0.05, 0) is 24.3 Å². The Hall–Kier alpha value is -2.30. The van der Waals surface area contributed by atoms with Gasteiger partial charge in [0.05, 0.1) is 29.9 Å². The van der Waals surface area contributed by atoms with E-state index < -0.39 is 11.7 Å². The number of ether oxygens (including phenoxy) is 1. The van der Waals surface area contributed by atoms with Crippen molar-refractivity contribution in [3.05, 3.63) is 52.3 Å². The fourth-order valence-electron chi connectivity index (χ4n) is 3.47. The Bertz CT molecular complexity index is 1110. The maximum absolute atomic E-state index is 13.1. The quantitative estimate of drug-likeness (QED) is 0.530. The zero-order valence-electron chi connectivity index (χ0n) is 16.4. The molecular formula is C20H19BrClF3N4O2. The first-order chi connectivity index (χ1) is 14.2. The molecule has 3 heterocycles. The summed E-state index contributed by atoms with van der Waals surface area (Å²) in [5.74, 6) is 0.223. The molecule has 1 saturated heterocycles. The van der Waals surface area contributed by atoms with Crippen LogP contribution in [0.25, 0.3) is 10.9 Å². The summed E-state index contributed by atoms with van der Waals surface area (Å²) in [7, 11) is 1.81. The normalized spacial score (nSPS) is 14.4. The van der Waals surface area contributed by atoms with E-state index in [0.717, 1.165) is 12.1 Å². The molecule has 11 heteroatoms. The Morgan fingerprint density at radius 2 is 1.94 bits per heavy atom. The number of aromatic nitrogens is 2. The molecule has 2 aromatic heterocycles. The van der Waals surface area contributed by atoms with Crippen molar-refractivity contribution in [2.24, 2.45) is 7.05 Å². The summed E-state index contributed by atoms with van der Waals surface area (Å²) in [6.07, 6.45) is -1.22. The number of nitrogens with one attached hydrogen (secondary N) is 1. The van der Waals surface area contributed by atoms with Crippen molar-refractivity contribution in [3.8, 4) is 0 Å². The molecular weight excluding hydrogens is 501 g/mol. The highest BCUT2D eigenvalue weighted by molar-refractivity contribution is 9.10. The van der Waals surface area contributed by atoms with E-state index in [4.69, 9.17) is 4.74 Å². The van der Waals surface area contributed by atoms with E-state index in [1.165, 1.54) is 6.20 Å². The molecule has 1 aliphatic heterocycles. The zero-order chi connectivity index (χ0) is 21.5. The average molecular weight is 520 g/mol. The first kappa shape index (κ1) is 23.4. The van der Waals surface area contributed by atoms with Gasteiger partial charge in [0.15, 0.2) is 0 Å². The third-order valence-electron chi connectivity index (χ3n) is 4.92. The van der Waals surface area contributed by atoms with E-state index in [1.54, 1.807) is 27.8 Å². The molecule has 0 unspecified atom stereocenters. The summed E-state index contributed by atoms with van der Waals surface area (Å²) in [5, 5.41) is 3.60. The van der Waals surface area contributed by atoms with Crippen LogP contribution < -0.4 is 5.32 Å². The van der Waals surface area contributed by atoms with Crippen LogP contribution in [0.4, 0.5) is 24.7 Å². The third kappa shape index (κ3) is 4.81. The van der Waals surface area contributed by atoms with Crippen LogP contribution in [0.15, 0.2) is 41.1 Å². The fourth-order valence-corrected chi connectivity index (χ4v) is 3.96. The number of pyridine rings is 1. The predicted molar refractivity (Wildman–Crippen MR) is 117 cm³/mol. The lowest BCUT2D eigenvalue weighted by Crippen LogP contribution is -2.40. The van der Waals surface area contributed by atoms with Gasteiger partial charge in [0.2, 0.25) is 0 Å². The fraction of sp³-hybridized carbons (Fsp3) is 0.300. The van der Waals surface area contributed by atoms with Crippen molar-refractivity contribution in [3.63, 3.8) is 0 Å². The highest BCUT2D eigenvalue weighted by atomic mass is 79.9. The predicted octanol–water partition coefficient (Wildman–Crippen LogP) is 4.99. The molecule has 3 aromatic rings. The largest absolute Gasteiger partial charge is 0.416 e. The molecule has 0 spiro atoms. The van der Waals surface area contributed by atoms with Crippen LogP contribution in [0, 0.1) is 0 Å². The first-order valence-corrected chi connectivity index (χ1v) is 9.99. The molecule has 1 amide bonds. The summed E-state index contributed by atoms with van der Waals surface area (Å²) < 4.78 is 46.8. The van der Waals surface area contributed by atoms with Crippen LogP contribution >= 0.6 is 28.3 Å². The highest BCUT2D eigenvalue weighted by Crippen LogP contribution is 2.35. The average Bonchev–Trinajstić information content (AvgIpc) is 3.10. The summed E-state index contributed by atoms with van der Waals surface area (Å²) in [6, 6.07) is 5.36. The smallest absolute Gasteiger partial charge is 0.378 e. The molecule has 0 aliphatic carbocycles. The van der Waals surface area contributed by atoms with Crippen molar-refractivity contribution in [2.45, 2.75) is 6.18 Å². The highest BCUT2D eigenvalue weighted by Gasteiger charge is 2.31. The number of morpholine rings is 1. The molecule has 1 N–H and O–H groups in total. The van der Waals surface area contributed by atoms with Crippen molar-refractivity contribution < 1.29 is 22.7 Å². The van der Waals surface area contributed by atoms with E-state index >= 15 is 0 Å². The van der Waals surface area contributed by atoms with Gasteiger partial charge in [-0.15, -0.1) is 12.4 Å². The molecule has 1 aliphatic rings. The molecule has 31 heavy (non-hydrogen) atoms. The van der Waals surface area contributed by atoms with Crippen LogP contribution in [-0.4, -0.2) is 46.7 Å². The van der Waals surface area contributed by atoms with E-state index in [2.05, 4.69) is 26.2 Å². The number of hydrogen-bond acceptors (Lipinski definition) is 4. The zero-order valence-corrected chi connectivity index (χ0v) is 18.8. The number of rotatable bonds is 3. The second-order valence-corrected chi connectivity index (χ2v) is 7.88. The van der Waals surface area contributed by atoms with Crippen LogP contribution in [-0.2, 0) is 18.0 Å². The van der Waals surface area contributed by atoms with Gasteiger partial charge in [-0.25, -0.2) is 4.98 Å². The third-order valence-corrected chi connectivity index (χ3v) is 5.38. The summed E-state index contributed by atoms with van der Waals surface area (Å²) >= 11 is 3.12. The number of carbonyl (C=O) groups is 1. The Kier molecular flexibility index (Phi) is 6.82. The SMILES string of the molecule is Cl.Cn1ccc2c(Nc3cc(Br)cc(C(F)(F)F)c3)ncc(C(=O)N3CCOCC3)c21. The van der Waals surface area contributed by atoms with Crippen LogP contribution in [0.1, 0.15) is 15.9 Å². The molecule has 6 nitrogen and oxygen atoms in total. The second-order valence-electron chi connectivity index (χ2n) is 6.97. The standard InChI is InChI=1S/C20H18BrF3N4O2.ClH/c1-27-3-2-15-17(27)16(19(29)28-4-6-30-7-5-28)11-25-18(15)26-14-9-12(20(22,23)24)8-13(21)10-14;/h2-3,8-11H,4-7H2,1H3,(H,25,26);1H. The van der Waals surface area contributed by atoms with Gasteiger partial charge in [0.25, 0.3) is 5.91 Å². The monoisotopic (exact) mass is 518 g/mol.